The summed E-state index contributed by atoms with van der Waals surface area (Å²) in [6, 6.07) is 14.5. The molecule has 334 valence electrons. The Morgan fingerprint density at radius 3 is 2.59 bits per heavy atom. The molecule has 6 rings (SSSR count). The number of carbonyl (C=O) groups excluding carboxylic acids is 2. The average molecular weight is 877 g/mol. The third-order valence-electron chi connectivity index (χ3n) is 12.5. The van der Waals surface area contributed by atoms with E-state index in [9.17, 15) is 19.8 Å². The number of hydrogen-bond acceptors (Lipinski definition) is 13. The molecule has 1 aliphatic carbocycles. The first-order chi connectivity index (χ1) is 29.5. The quantitative estimate of drug-likeness (QED) is 0.116. The molecule has 0 spiro atoms. The first-order valence-electron chi connectivity index (χ1n) is 22.4. The van der Waals surface area contributed by atoms with Gasteiger partial charge in [-0.1, -0.05) is 76.9 Å². The number of nitrogens with one attached hydrogen (secondary N) is 2. The van der Waals surface area contributed by atoms with E-state index in [1.165, 1.54) is 12.5 Å². The number of aliphatic hydroxyl groups excluding tert-OH is 1. The summed E-state index contributed by atoms with van der Waals surface area (Å²) >= 11 is 0. The molecule has 14 heteroatoms. The van der Waals surface area contributed by atoms with Crippen LogP contribution in [0.1, 0.15) is 114 Å². The topological polar surface area (TPSA) is 185 Å². The zero-order valence-corrected chi connectivity index (χ0v) is 37.6. The summed E-state index contributed by atoms with van der Waals surface area (Å²) in [5.41, 5.74) is 16.2. The summed E-state index contributed by atoms with van der Waals surface area (Å²) in [7, 11) is 3.53. The Hall–Kier alpha value is -4.01. The third kappa shape index (κ3) is 15.1. The highest BCUT2D eigenvalue weighted by atomic mass is 33.1. The maximum atomic E-state index is 14.0. The fraction of sp³-hybridized carbons (Fsp3) is 0.596. The van der Waals surface area contributed by atoms with Gasteiger partial charge in [-0.05, 0) is 112 Å². The number of amides is 1. The second kappa shape index (κ2) is 23.4. The number of nitrogens with zero attached hydrogens (tertiary/aromatic N) is 2. The molecule has 0 aromatic heterocycles. The van der Waals surface area contributed by atoms with Gasteiger partial charge in [0.2, 0.25) is 5.91 Å². The van der Waals surface area contributed by atoms with Crippen LogP contribution in [0.15, 0.2) is 71.0 Å². The number of aryl methyl sites for hydroxylation is 2. The number of aliphatic imine (C=N–C) groups is 1. The van der Waals surface area contributed by atoms with Crippen LogP contribution >= 0.6 is 21.6 Å². The number of esters is 1. The largest absolute Gasteiger partial charge is 0.504 e. The molecule has 1 saturated carbocycles. The SMILES string of the molecule is CC(=O)OC1CCc2cc(c(O)c(OC3CCCC3)c2)CN2CC(CC3=CCNC(N)=C3)(CCNC(N)=NCSSCC(CCc3ccccc3)CCCCC(O)C1)CC2=O. The van der Waals surface area contributed by atoms with Crippen molar-refractivity contribution < 1.29 is 29.3 Å². The van der Waals surface area contributed by atoms with Gasteiger partial charge in [-0.15, -0.1) is 0 Å². The number of aliphatic hydroxyl groups is 1. The third-order valence-corrected chi connectivity index (χ3v) is 14.7. The molecule has 2 fully saturated rings. The molecule has 4 bridgehead atoms. The van der Waals surface area contributed by atoms with Gasteiger partial charge in [-0.3, -0.25) is 9.59 Å². The fourth-order valence-electron chi connectivity index (χ4n) is 9.28. The number of aromatic hydroxyl groups is 1. The molecule has 3 heterocycles. The predicted octanol–water partition coefficient (Wildman–Crippen LogP) is 7.22. The molecule has 1 saturated heterocycles. The first-order valence-corrected chi connectivity index (χ1v) is 24.9. The van der Waals surface area contributed by atoms with E-state index in [0.717, 1.165) is 74.7 Å². The summed E-state index contributed by atoms with van der Waals surface area (Å²) in [6.45, 7) is 3.33. The second-order valence-electron chi connectivity index (χ2n) is 17.6. The van der Waals surface area contributed by atoms with E-state index in [4.69, 9.17) is 20.9 Å². The molecule has 4 unspecified atom stereocenters. The summed E-state index contributed by atoms with van der Waals surface area (Å²) in [6.07, 6.45) is 15.9. The Kier molecular flexibility index (Phi) is 17.9. The van der Waals surface area contributed by atoms with Crippen LogP contribution in [0.3, 0.4) is 0 Å². The maximum absolute atomic E-state index is 14.0. The Morgan fingerprint density at radius 2 is 1.80 bits per heavy atom. The highest BCUT2D eigenvalue weighted by Gasteiger charge is 2.43. The number of allylic oxidation sites excluding steroid dienone is 2. The van der Waals surface area contributed by atoms with Gasteiger partial charge >= 0.3 is 5.97 Å². The van der Waals surface area contributed by atoms with E-state index in [2.05, 4.69) is 52.0 Å². The standard InChI is InChI=1S/C47H68N6O6S2/c1-33(54)58-41-18-17-36-23-38(45(57)42(24-36)59-40-13-7-8-14-40)29-53-31-47(28-44(53)56,27-37-19-21-50-43(48)25-37)20-22-51-46(49)52-32-61-60-30-35(11-5-6-12-39(55)26-41)16-15-34-9-3-2-4-10-34/h2-4,9-10,19,23-25,35,39-41,50,55,57H,5-8,11-18,20-22,26-32,48H2,1H3,(H3,49,51,52). The minimum atomic E-state index is -0.599. The number of benzene rings is 2. The molecule has 12 nitrogen and oxygen atoms in total. The number of hydrogen-bond donors (Lipinski definition) is 6. The molecule has 2 aromatic rings. The highest BCUT2D eigenvalue weighted by Crippen LogP contribution is 2.43. The van der Waals surface area contributed by atoms with Crippen LogP contribution in [0.2, 0.25) is 0 Å². The number of rotatable bonds is 8. The molecule has 4 aliphatic rings. The summed E-state index contributed by atoms with van der Waals surface area (Å²) < 4.78 is 12.2. The molecule has 3 aliphatic heterocycles. The lowest BCUT2D eigenvalue weighted by atomic mass is 9.77. The number of dihydropyridines is 1. The van der Waals surface area contributed by atoms with Gasteiger partial charge in [-0.25, -0.2) is 4.99 Å². The second-order valence-corrected chi connectivity index (χ2v) is 20.1. The number of guanidine groups is 1. The van der Waals surface area contributed by atoms with Crippen LogP contribution in [-0.4, -0.2) is 82.5 Å². The molecule has 1 amide bonds. The van der Waals surface area contributed by atoms with E-state index in [1.54, 1.807) is 10.8 Å². The normalized spacial score (nSPS) is 25.7. The van der Waals surface area contributed by atoms with Crippen LogP contribution in [0, 0.1) is 11.3 Å². The number of phenolic OH excluding ortho intramolecular Hbond substituents is 1. The van der Waals surface area contributed by atoms with E-state index >= 15 is 0 Å². The number of nitrogens with two attached hydrogens (primary N) is 2. The number of carbonyl (C=O) groups is 2. The van der Waals surface area contributed by atoms with Gasteiger partial charge in [0, 0.05) is 62.7 Å². The van der Waals surface area contributed by atoms with Crippen molar-refractivity contribution in [1.29, 1.82) is 0 Å². The molecule has 8 N–H and O–H groups in total. The number of ether oxygens (including phenoxy) is 2. The Bertz CT molecular complexity index is 1840. The Balaban J connectivity index is 1.23. The minimum absolute atomic E-state index is 0.0201. The molecule has 61 heavy (non-hydrogen) atoms. The molecular formula is C47H68N6O6S2. The van der Waals surface area contributed by atoms with Gasteiger partial charge in [0.25, 0.3) is 0 Å². The fourth-order valence-corrected chi connectivity index (χ4v) is 11.4. The van der Waals surface area contributed by atoms with Crippen molar-refractivity contribution in [3.05, 3.63) is 82.7 Å². The summed E-state index contributed by atoms with van der Waals surface area (Å²) in [4.78, 5) is 32.7. The van der Waals surface area contributed by atoms with Gasteiger partial charge in [-0.2, -0.15) is 0 Å². The maximum Gasteiger partial charge on any atom is 0.302 e. The van der Waals surface area contributed by atoms with E-state index in [0.29, 0.717) is 99.5 Å². The zero-order chi connectivity index (χ0) is 43.0. The van der Waals surface area contributed by atoms with Gasteiger partial charge in [0.05, 0.1) is 23.9 Å². The molecule has 4 atom stereocenters. The van der Waals surface area contributed by atoms with Gasteiger partial charge in [0.1, 0.15) is 6.10 Å². The molecule has 0 radical (unpaired) electrons. The lowest BCUT2D eigenvalue weighted by Gasteiger charge is -2.31. The Morgan fingerprint density at radius 1 is 1.02 bits per heavy atom. The zero-order valence-electron chi connectivity index (χ0n) is 36.0. The summed E-state index contributed by atoms with van der Waals surface area (Å²) in [5.74, 6) is 3.18. The van der Waals surface area contributed by atoms with Gasteiger partial charge < -0.3 is 46.7 Å². The van der Waals surface area contributed by atoms with Crippen molar-refractivity contribution in [1.82, 2.24) is 15.5 Å². The average Bonchev–Trinajstić information content (AvgIpc) is 3.85. The van der Waals surface area contributed by atoms with Crippen LogP contribution in [0.5, 0.6) is 11.5 Å². The van der Waals surface area contributed by atoms with E-state index in [1.807, 2.05) is 33.9 Å². The van der Waals surface area contributed by atoms with Crippen molar-refractivity contribution in [3.63, 3.8) is 0 Å². The Labute approximate surface area is 370 Å². The lowest BCUT2D eigenvalue weighted by molar-refractivity contribution is -0.148. The van der Waals surface area contributed by atoms with Crippen LogP contribution in [0.25, 0.3) is 0 Å². The monoisotopic (exact) mass is 876 g/mol. The first kappa shape index (κ1) is 46.5. The van der Waals surface area contributed by atoms with Crippen molar-refractivity contribution >= 4 is 39.4 Å². The lowest BCUT2D eigenvalue weighted by Crippen LogP contribution is -2.37. The smallest absolute Gasteiger partial charge is 0.302 e. The van der Waals surface area contributed by atoms with Crippen molar-refractivity contribution in [3.8, 4) is 11.5 Å². The highest BCUT2D eigenvalue weighted by molar-refractivity contribution is 8.76. The van der Waals surface area contributed by atoms with Crippen molar-refractivity contribution in [2.24, 2.45) is 27.8 Å². The van der Waals surface area contributed by atoms with Crippen molar-refractivity contribution in [2.45, 2.75) is 135 Å². The molecule has 2 aromatic carbocycles. The van der Waals surface area contributed by atoms with Crippen LogP contribution in [-0.2, 0) is 33.7 Å². The minimum Gasteiger partial charge on any atom is -0.504 e. The van der Waals surface area contributed by atoms with Crippen molar-refractivity contribution in [2.75, 3.05) is 31.3 Å². The molecular weight excluding hydrogens is 809 g/mol. The van der Waals surface area contributed by atoms with Gasteiger partial charge in [0.15, 0.2) is 17.5 Å². The number of phenols is 1. The predicted molar refractivity (Wildman–Crippen MR) is 247 cm³/mol. The van der Waals surface area contributed by atoms with Crippen LogP contribution in [0.4, 0.5) is 0 Å². The van der Waals surface area contributed by atoms with Crippen LogP contribution < -0.4 is 26.8 Å². The summed E-state index contributed by atoms with van der Waals surface area (Å²) in [5, 5.41) is 29.4. The van der Waals surface area contributed by atoms with E-state index in [-0.39, 0.29) is 30.3 Å². The van der Waals surface area contributed by atoms with E-state index < -0.39 is 17.6 Å². The number of fused-ring (bicyclic) bond motifs is 4.